The van der Waals surface area contributed by atoms with Crippen molar-refractivity contribution in [2.24, 2.45) is 0 Å². The van der Waals surface area contributed by atoms with Crippen LogP contribution in [0.4, 0.5) is 0 Å². The molecular formula is C26H38O2. The van der Waals surface area contributed by atoms with Crippen LogP contribution < -0.4 is 0 Å². The van der Waals surface area contributed by atoms with Crippen molar-refractivity contribution in [1.82, 2.24) is 0 Å². The largest absolute Gasteiger partial charge is 0.508 e. The molecule has 2 aromatic carbocycles. The predicted octanol–water partition coefficient (Wildman–Crippen LogP) is 7.33. The summed E-state index contributed by atoms with van der Waals surface area (Å²) in [6.07, 6.45) is 8.44. The van der Waals surface area contributed by atoms with Gasteiger partial charge in [-0.05, 0) is 85.4 Å². The highest BCUT2D eigenvalue weighted by Gasteiger charge is 2.20. The standard InChI is InChI=1S/C26H38O2/c1-6-9-12-20-17-24(18(4)15-25(20)27)23(11-8-3)22-14-19(5)26(28)21(16-22)13-10-7-2/h14-17,23,27-28H,6-13H2,1-5H3. The maximum atomic E-state index is 10.5. The van der Waals surface area contributed by atoms with Crippen molar-refractivity contribution in [1.29, 1.82) is 0 Å². The van der Waals surface area contributed by atoms with E-state index in [9.17, 15) is 10.2 Å². The molecule has 0 bridgehead atoms. The number of benzene rings is 2. The van der Waals surface area contributed by atoms with Gasteiger partial charge < -0.3 is 10.2 Å². The second kappa shape index (κ2) is 10.5. The highest BCUT2D eigenvalue weighted by atomic mass is 16.3. The van der Waals surface area contributed by atoms with Gasteiger partial charge in [-0.15, -0.1) is 0 Å². The third-order valence-corrected chi connectivity index (χ3v) is 5.82. The zero-order chi connectivity index (χ0) is 20.7. The summed E-state index contributed by atoms with van der Waals surface area (Å²) in [6, 6.07) is 8.54. The third kappa shape index (κ3) is 5.31. The number of phenols is 2. The van der Waals surface area contributed by atoms with Crippen molar-refractivity contribution in [3.8, 4) is 11.5 Å². The van der Waals surface area contributed by atoms with Gasteiger partial charge in [-0.1, -0.05) is 58.2 Å². The zero-order valence-electron chi connectivity index (χ0n) is 18.4. The molecule has 0 aliphatic carbocycles. The first kappa shape index (κ1) is 22.3. The molecule has 2 aromatic rings. The fraction of sp³-hybridized carbons (Fsp3) is 0.538. The first-order valence-electron chi connectivity index (χ1n) is 11.1. The summed E-state index contributed by atoms with van der Waals surface area (Å²) in [7, 11) is 0. The monoisotopic (exact) mass is 382 g/mol. The van der Waals surface area contributed by atoms with Crippen LogP contribution in [0.2, 0.25) is 0 Å². The molecule has 0 saturated carbocycles. The molecule has 0 radical (unpaired) electrons. The molecule has 154 valence electrons. The van der Waals surface area contributed by atoms with Gasteiger partial charge in [0.25, 0.3) is 0 Å². The zero-order valence-corrected chi connectivity index (χ0v) is 18.4. The van der Waals surface area contributed by atoms with E-state index in [-0.39, 0.29) is 0 Å². The van der Waals surface area contributed by atoms with Crippen molar-refractivity contribution in [3.05, 3.63) is 57.6 Å². The lowest BCUT2D eigenvalue weighted by Crippen LogP contribution is -2.06. The van der Waals surface area contributed by atoms with Crippen LogP contribution in [-0.2, 0) is 12.8 Å². The smallest absolute Gasteiger partial charge is 0.121 e. The van der Waals surface area contributed by atoms with Gasteiger partial charge in [-0.25, -0.2) is 0 Å². The van der Waals surface area contributed by atoms with Gasteiger partial charge in [0.2, 0.25) is 0 Å². The minimum atomic E-state index is 0.297. The first-order chi connectivity index (χ1) is 13.4. The quantitative estimate of drug-likeness (QED) is 0.451. The van der Waals surface area contributed by atoms with Crippen molar-refractivity contribution in [2.75, 3.05) is 0 Å². The molecule has 2 nitrogen and oxygen atoms in total. The number of rotatable bonds is 10. The van der Waals surface area contributed by atoms with Crippen molar-refractivity contribution < 1.29 is 10.2 Å². The summed E-state index contributed by atoms with van der Waals surface area (Å²) >= 11 is 0. The number of aryl methyl sites for hydroxylation is 4. The molecule has 0 heterocycles. The van der Waals surface area contributed by atoms with Gasteiger partial charge in [-0.3, -0.25) is 0 Å². The highest BCUT2D eigenvalue weighted by molar-refractivity contribution is 5.50. The normalized spacial score (nSPS) is 12.3. The van der Waals surface area contributed by atoms with Crippen LogP contribution in [0.5, 0.6) is 11.5 Å². The molecule has 0 fully saturated rings. The van der Waals surface area contributed by atoms with Gasteiger partial charge in [0, 0.05) is 5.92 Å². The Morgan fingerprint density at radius 3 is 2.00 bits per heavy atom. The minimum Gasteiger partial charge on any atom is -0.508 e. The second-order valence-corrected chi connectivity index (χ2v) is 8.23. The van der Waals surface area contributed by atoms with Gasteiger partial charge in [0.05, 0.1) is 0 Å². The molecule has 0 amide bonds. The Balaban J connectivity index is 2.52. The van der Waals surface area contributed by atoms with Gasteiger partial charge in [-0.2, -0.15) is 0 Å². The SMILES string of the molecule is CCCCc1cc(C(CCC)c2cc(C)c(O)c(CCCC)c2)c(C)cc1O. The number of hydrogen-bond acceptors (Lipinski definition) is 2. The Hall–Kier alpha value is -1.96. The molecule has 1 unspecified atom stereocenters. The summed E-state index contributed by atoms with van der Waals surface area (Å²) < 4.78 is 0. The van der Waals surface area contributed by atoms with Crippen LogP contribution in [0.25, 0.3) is 0 Å². The molecule has 0 saturated heterocycles. The van der Waals surface area contributed by atoms with E-state index in [0.717, 1.165) is 73.6 Å². The molecular weight excluding hydrogens is 344 g/mol. The first-order valence-corrected chi connectivity index (χ1v) is 11.1. The molecule has 2 N–H and O–H groups in total. The number of hydrogen-bond donors (Lipinski definition) is 2. The highest BCUT2D eigenvalue weighted by Crippen LogP contribution is 2.38. The summed E-state index contributed by atoms with van der Waals surface area (Å²) in [6.45, 7) is 10.7. The van der Waals surface area contributed by atoms with E-state index in [4.69, 9.17) is 0 Å². The number of aromatic hydroxyl groups is 2. The second-order valence-electron chi connectivity index (χ2n) is 8.23. The Kier molecular flexibility index (Phi) is 8.41. The Morgan fingerprint density at radius 1 is 0.750 bits per heavy atom. The van der Waals surface area contributed by atoms with Crippen LogP contribution in [0, 0.1) is 13.8 Å². The Morgan fingerprint density at radius 2 is 1.39 bits per heavy atom. The average Bonchev–Trinajstić information content (AvgIpc) is 2.67. The van der Waals surface area contributed by atoms with Crippen molar-refractivity contribution in [3.63, 3.8) is 0 Å². The van der Waals surface area contributed by atoms with E-state index in [2.05, 4.69) is 45.9 Å². The van der Waals surface area contributed by atoms with Crippen molar-refractivity contribution >= 4 is 0 Å². The van der Waals surface area contributed by atoms with E-state index in [1.54, 1.807) is 0 Å². The maximum Gasteiger partial charge on any atom is 0.121 e. The fourth-order valence-corrected chi connectivity index (χ4v) is 4.13. The van der Waals surface area contributed by atoms with E-state index in [1.165, 1.54) is 11.1 Å². The van der Waals surface area contributed by atoms with E-state index >= 15 is 0 Å². The fourth-order valence-electron chi connectivity index (χ4n) is 4.13. The van der Waals surface area contributed by atoms with Crippen LogP contribution in [0.15, 0.2) is 24.3 Å². The predicted molar refractivity (Wildman–Crippen MR) is 120 cm³/mol. The van der Waals surface area contributed by atoms with Crippen molar-refractivity contribution in [2.45, 2.75) is 91.9 Å². The molecule has 0 aliphatic heterocycles. The Labute approximate surface area is 171 Å². The lowest BCUT2D eigenvalue weighted by molar-refractivity contribution is 0.462. The minimum absolute atomic E-state index is 0.297. The lowest BCUT2D eigenvalue weighted by atomic mass is 9.82. The molecule has 28 heavy (non-hydrogen) atoms. The van der Waals surface area contributed by atoms with Gasteiger partial charge in [0.15, 0.2) is 0 Å². The van der Waals surface area contributed by atoms with Crippen LogP contribution in [0.3, 0.4) is 0 Å². The maximum absolute atomic E-state index is 10.5. The molecule has 0 aromatic heterocycles. The average molecular weight is 383 g/mol. The lowest BCUT2D eigenvalue weighted by Gasteiger charge is -2.23. The summed E-state index contributed by atoms with van der Waals surface area (Å²) in [4.78, 5) is 0. The topological polar surface area (TPSA) is 40.5 Å². The number of unbranched alkanes of at least 4 members (excludes halogenated alkanes) is 2. The summed E-state index contributed by atoms with van der Waals surface area (Å²) in [5.74, 6) is 1.18. The summed E-state index contributed by atoms with van der Waals surface area (Å²) in [5.41, 5.74) is 6.85. The molecule has 2 heteroatoms. The third-order valence-electron chi connectivity index (χ3n) is 5.82. The molecule has 1 atom stereocenters. The van der Waals surface area contributed by atoms with E-state index in [1.807, 2.05) is 13.0 Å². The number of phenolic OH excluding ortho intramolecular Hbond substituents is 2. The van der Waals surface area contributed by atoms with E-state index in [0.29, 0.717) is 17.4 Å². The summed E-state index contributed by atoms with van der Waals surface area (Å²) in [5, 5.41) is 20.9. The van der Waals surface area contributed by atoms with Gasteiger partial charge in [0.1, 0.15) is 11.5 Å². The molecule has 0 spiro atoms. The van der Waals surface area contributed by atoms with E-state index < -0.39 is 0 Å². The Bertz CT molecular complexity index is 776. The molecule has 0 aliphatic rings. The van der Waals surface area contributed by atoms with Crippen LogP contribution >= 0.6 is 0 Å². The van der Waals surface area contributed by atoms with Crippen LogP contribution in [0.1, 0.15) is 98.6 Å². The van der Waals surface area contributed by atoms with Gasteiger partial charge >= 0.3 is 0 Å². The van der Waals surface area contributed by atoms with Crippen LogP contribution in [-0.4, -0.2) is 10.2 Å². The molecule has 2 rings (SSSR count).